The van der Waals surface area contributed by atoms with Gasteiger partial charge in [-0.15, -0.1) is 11.3 Å². The third-order valence-electron chi connectivity index (χ3n) is 5.36. The maximum Gasteiger partial charge on any atom is 0.217 e. The summed E-state index contributed by atoms with van der Waals surface area (Å²) in [6, 6.07) is 5.90. The molecule has 154 valence electrons. The van der Waals surface area contributed by atoms with Gasteiger partial charge in [-0.3, -0.25) is 9.69 Å². The molecule has 7 nitrogen and oxygen atoms in total. The second kappa shape index (κ2) is 8.51. The number of benzene rings is 1. The van der Waals surface area contributed by atoms with Gasteiger partial charge in [0.2, 0.25) is 5.91 Å². The zero-order chi connectivity index (χ0) is 20.5. The van der Waals surface area contributed by atoms with Crippen LogP contribution in [0.5, 0.6) is 0 Å². The molecule has 1 aromatic carbocycles. The number of likely N-dealkylation sites (tertiary alicyclic amines) is 1. The van der Waals surface area contributed by atoms with Crippen LogP contribution in [0.2, 0.25) is 5.02 Å². The Bertz CT molecular complexity index is 1100. The first kappa shape index (κ1) is 20.5. The molecule has 2 aromatic heterocycles. The number of nitrogens with two attached hydrogens (primary N) is 1. The molecule has 0 atom stereocenters. The Hall–Kier alpha value is -1.81. The molecule has 1 amide bonds. The molecule has 0 bridgehead atoms. The van der Waals surface area contributed by atoms with Crippen LogP contribution in [0.1, 0.15) is 36.0 Å². The van der Waals surface area contributed by atoms with Crippen molar-refractivity contribution in [2.75, 3.05) is 13.1 Å². The Kier molecular flexibility index (Phi) is 6.00. The summed E-state index contributed by atoms with van der Waals surface area (Å²) in [5.41, 5.74) is 6.24. The van der Waals surface area contributed by atoms with Crippen LogP contribution in [-0.2, 0) is 24.9 Å². The van der Waals surface area contributed by atoms with Crippen LogP contribution in [0.15, 0.2) is 18.2 Å². The number of thiazole rings is 1. The van der Waals surface area contributed by atoms with Gasteiger partial charge in [0.15, 0.2) is 4.77 Å². The number of primary amides is 1. The third-order valence-corrected chi connectivity index (χ3v) is 7.28. The largest absolute Gasteiger partial charge is 0.370 e. The number of piperidine rings is 1. The van der Waals surface area contributed by atoms with Gasteiger partial charge < -0.3 is 10.3 Å². The van der Waals surface area contributed by atoms with E-state index in [1.165, 1.54) is 9.71 Å². The summed E-state index contributed by atoms with van der Waals surface area (Å²) in [7, 11) is 1.88. The monoisotopic (exact) mass is 450 g/mol. The van der Waals surface area contributed by atoms with Gasteiger partial charge in [0.05, 0.1) is 21.9 Å². The van der Waals surface area contributed by atoms with Crippen LogP contribution in [0.4, 0.5) is 0 Å². The maximum atomic E-state index is 11.0. The average Bonchev–Trinajstić information content (AvgIpc) is 3.23. The summed E-state index contributed by atoms with van der Waals surface area (Å²) >= 11 is 13.4. The highest BCUT2D eigenvalue weighted by Crippen LogP contribution is 2.34. The minimum atomic E-state index is -0.329. The van der Waals surface area contributed by atoms with Crippen molar-refractivity contribution in [1.82, 2.24) is 24.2 Å². The molecule has 10 heteroatoms. The lowest BCUT2D eigenvalue weighted by Gasteiger charge is -2.30. The van der Waals surface area contributed by atoms with E-state index in [9.17, 15) is 4.79 Å². The predicted molar refractivity (Wildman–Crippen MR) is 118 cm³/mol. The van der Waals surface area contributed by atoms with Crippen molar-refractivity contribution < 1.29 is 4.79 Å². The average molecular weight is 451 g/mol. The second-order valence-electron chi connectivity index (χ2n) is 7.42. The number of nitrogens with zero attached hydrogens (tertiary/aromatic N) is 5. The number of carbonyl (C=O) groups is 1. The van der Waals surface area contributed by atoms with Gasteiger partial charge >= 0.3 is 0 Å². The summed E-state index contributed by atoms with van der Waals surface area (Å²) in [6.45, 7) is 2.60. The molecule has 4 rings (SSSR count). The zero-order valence-electron chi connectivity index (χ0n) is 16.2. The number of aromatic nitrogens is 4. The van der Waals surface area contributed by atoms with Crippen LogP contribution >= 0.6 is 35.2 Å². The molecule has 0 aliphatic carbocycles. The Morgan fingerprint density at radius 1 is 1.38 bits per heavy atom. The molecule has 1 fully saturated rings. The summed E-state index contributed by atoms with van der Waals surface area (Å²) in [6.07, 6.45) is 2.90. The Morgan fingerprint density at radius 3 is 2.86 bits per heavy atom. The second-order valence-corrected chi connectivity index (χ2v) is 9.29. The number of carbonyl (C=O) groups excluding carboxylic acids is 1. The predicted octanol–water partition coefficient (Wildman–Crippen LogP) is 3.47. The SMILES string of the molecule is Cn1c(CCC(N)=O)nn(CN2CCC(c3nc4cc(Cl)ccc4s3)CC2)c1=S. The molecule has 1 aliphatic rings. The van der Waals surface area contributed by atoms with E-state index in [0.717, 1.165) is 42.3 Å². The highest BCUT2D eigenvalue weighted by molar-refractivity contribution is 7.71. The Balaban J connectivity index is 1.39. The van der Waals surface area contributed by atoms with Crippen molar-refractivity contribution in [2.45, 2.75) is 38.3 Å². The number of hydrogen-bond donors (Lipinski definition) is 1. The van der Waals surface area contributed by atoms with Crippen LogP contribution < -0.4 is 5.73 Å². The summed E-state index contributed by atoms with van der Waals surface area (Å²) in [5.74, 6) is 0.937. The van der Waals surface area contributed by atoms with Gasteiger partial charge in [0.25, 0.3) is 0 Å². The van der Waals surface area contributed by atoms with E-state index in [1.807, 2.05) is 34.5 Å². The first-order chi connectivity index (χ1) is 13.9. The summed E-state index contributed by atoms with van der Waals surface area (Å²) < 4.78 is 5.55. The number of rotatable bonds is 6. The van der Waals surface area contributed by atoms with Crippen LogP contribution in [0, 0.1) is 4.77 Å². The van der Waals surface area contributed by atoms with E-state index in [4.69, 9.17) is 34.5 Å². The number of hydrogen-bond acceptors (Lipinski definition) is 6. The number of aryl methyl sites for hydroxylation is 1. The lowest BCUT2D eigenvalue weighted by atomic mass is 9.98. The van der Waals surface area contributed by atoms with Crippen molar-refractivity contribution in [3.63, 3.8) is 0 Å². The Morgan fingerprint density at radius 2 is 2.14 bits per heavy atom. The summed E-state index contributed by atoms with van der Waals surface area (Å²) in [5, 5.41) is 6.52. The molecule has 3 aromatic rings. The number of fused-ring (bicyclic) bond motifs is 1. The summed E-state index contributed by atoms with van der Waals surface area (Å²) in [4.78, 5) is 18.2. The molecular formula is C19H23ClN6OS2. The fourth-order valence-corrected chi connectivity index (χ4v) is 5.17. The van der Waals surface area contributed by atoms with Crippen molar-refractivity contribution in [3.05, 3.63) is 38.8 Å². The van der Waals surface area contributed by atoms with Gasteiger partial charge in [-0.2, -0.15) is 5.10 Å². The molecule has 2 N–H and O–H groups in total. The molecule has 0 unspecified atom stereocenters. The van der Waals surface area contributed by atoms with Gasteiger partial charge in [-0.05, 0) is 43.3 Å². The molecule has 29 heavy (non-hydrogen) atoms. The molecule has 0 radical (unpaired) electrons. The topological polar surface area (TPSA) is 82.0 Å². The van der Waals surface area contributed by atoms with Crippen molar-refractivity contribution in [3.8, 4) is 0 Å². The quantitative estimate of drug-likeness (QED) is 0.581. The fraction of sp³-hybridized carbons (Fsp3) is 0.474. The van der Waals surface area contributed by atoms with Crippen LogP contribution in [0.25, 0.3) is 10.2 Å². The van der Waals surface area contributed by atoms with Gasteiger partial charge in [-0.1, -0.05) is 11.6 Å². The van der Waals surface area contributed by atoms with E-state index in [2.05, 4.69) is 10.00 Å². The minimum absolute atomic E-state index is 0.276. The van der Waals surface area contributed by atoms with Crippen molar-refractivity contribution in [1.29, 1.82) is 0 Å². The van der Waals surface area contributed by atoms with Gasteiger partial charge in [0.1, 0.15) is 5.82 Å². The van der Waals surface area contributed by atoms with Gasteiger partial charge in [0, 0.05) is 43.9 Å². The van der Waals surface area contributed by atoms with Crippen molar-refractivity contribution >= 4 is 51.3 Å². The number of halogens is 1. The Labute approximate surface area is 183 Å². The van der Waals surface area contributed by atoms with E-state index >= 15 is 0 Å². The van der Waals surface area contributed by atoms with Crippen LogP contribution in [-0.4, -0.2) is 43.2 Å². The smallest absolute Gasteiger partial charge is 0.217 e. The molecular weight excluding hydrogens is 428 g/mol. The molecule has 3 heterocycles. The normalized spacial score (nSPS) is 15.9. The molecule has 1 aliphatic heterocycles. The van der Waals surface area contributed by atoms with Crippen molar-refractivity contribution in [2.24, 2.45) is 12.8 Å². The first-order valence-corrected chi connectivity index (χ1v) is 11.2. The highest BCUT2D eigenvalue weighted by Gasteiger charge is 2.24. The van der Waals surface area contributed by atoms with E-state index in [1.54, 1.807) is 11.3 Å². The number of amides is 1. The first-order valence-electron chi connectivity index (χ1n) is 9.60. The van der Waals surface area contributed by atoms with Crippen LogP contribution in [0.3, 0.4) is 0 Å². The van der Waals surface area contributed by atoms with E-state index in [0.29, 0.717) is 23.8 Å². The van der Waals surface area contributed by atoms with E-state index in [-0.39, 0.29) is 12.3 Å². The maximum absolute atomic E-state index is 11.0. The molecule has 1 saturated heterocycles. The zero-order valence-corrected chi connectivity index (χ0v) is 18.6. The third kappa shape index (κ3) is 4.53. The van der Waals surface area contributed by atoms with Gasteiger partial charge in [-0.25, -0.2) is 9.67 Å². The molecule has 0 saturated carbocycles. The standard InChI is InChI=1S/C19H23ClN6OS2/c1-24-17(5-4-16(21)27)23-26(19(24)28)11-25-8-6-12(7-9-25)18-22-14-10-13(20)2-3-15(14)29-18/h2-3,10,12H,4-9,11H2,1H3,(H2,21,27). The highest BCUT2D eigenvalue weighted by atomic mass is 35.5. The molecule has 0 spiro atoms. The van der Waals surface area contributed by atoms with E-state index < -0.39 is 0 Å². The lowest BCUT2D eigenvalue weighted by molar-refractivity contribution is -0.118. The minimum Gasteiger partial charge on any atom is -0.370 e. The fourth-order valence-electron chi connectivity index (χ4n) is 3.68. The lowest BCUT2D eigenvalue weighted by Crippen LogP contribution is -2.34.